The monoisotopic (exact) mass is 267 g/mol. The molecule has 1 rings (SSSR count). The third-order valence-corrected chi connectivity index (χ3v) is 3.68. The van der Waals surface area contributed by atoms with Crippen LogP contribution in [0.1, 0.15) is 32.4 Å². The SMILES string of the molecule is CCC(CC)(Cc1nccc(OC)c1OC)C(=O)O. The number of aliphatic carboxylic acids is 1. The van der Waals surface area contributed by atoms with Gasteiger partial charge in [0.25, 0.3) is 0 Å². The summed E-state index contributed by atoms with van der Waals surface area (Å²) in [6.07, 6.45) is 3.02. The van der Waals surface area contributed by atoms with Crippen LogP contribution in [0, 0.1) is 5.41 Å². The van der Waals surface area contributed by atoms with E-state index >= 15 is 0 Å². The Bertz CT molecular complexity index is 441. The van der Waals surface area contributed by atoms with Crippen molar-refractivity contribution < 1.29 is 19.4 Å². The van der Waals surface area contributed by atoms with E-state index in [-0.39, 0.29) is 0 Å². The minimum absolute atomic E-state index is 0.329. The summed E-state index contributed by atoms with van der Waals surface area (Å²) in [5.41, 5.74) is -0.194. The minimum atomic E-state index is -0.813. The number of carboxylic acids is 1. The highest BCUT2D eigenvalue weighted by molar-refractivity contribution is 5.75. The Morgan fingerprint density at radius 1 is 1.32 bits per heavy atom. The number of nitrogens with zero attached hydrogens (tertiary/aromatic N) is 1. The molecule has 19 heavy (non-hydrogen) atoms. The number of hydrogen-bond acceptors (Lipinski definition) is 4. The molecule has 0 saturated carbocycles. The van der Waals surface area contributed by atoms with Crippen molar-refractivity contribution >= 4 is 5.97 Å². The van der Waals surface area contributed by atoms with Gasteiger partial charge >= 0.3 is 5.97 Å². The Kier molecular flexibility index (Phi) is 5.15. The molecule has 0 amide bonds. The molecule has 0 aliphatic carbocycles. The van der Waals surface area contributed by atoms with Gasteiger partial charge < -0.3 is 14.6 Å². The molecule has 0 unspecified atom stereocenters. The molecule has 5 nitrogen and oxygen atoms in total. The van der Waals surface area contributed by atoms with Crippen LogP contribution in [0.25, 0.3) is 0 Å². The van der Waals surface area contributed by atoms with Crippen molar-refractivity contribution in [2.75, 3.05) is 14.2 Å². The van der Waals surface area contributed by atoms with E-state index < -0.39 is 11.4 Å². The van der Waals surface area contributed by atoms with Crippen LogP contribution in [-0.4, -0.2) is 30.3 Å². The Labute approximate surface area is 113 Å². The predicted molar refractivity (Wildman–Crippen MR) is 71.7 cm³/mol. The number of pyridine rings is 1. The smallest absolute Gasteiger partial charge is 0.310 e. The van der Waals surface area contributed by atoms with E-state index in [0.717, 1.165) is 0 Å². The van der Waals surface area contributed by atoms with Gasteiger partial charge in [-0.3, -0.25) is 9.78 Å². The highest BCUT2D eigenvalue weighted by Gasteiger charge is 2.36. The van der Waals surface area contributed by atoms with E-state index in [0.29, 0.717) is 36.5 Å². The van der Waals surface area contributed by atoms with Gasteiger partial charge in [0, 0.05) is 18.7 Å². The first-order chi connectivity index (χ1) is 9.04. The van der Waals surface area contributed by atoms with Gasteiger partial charge in [-0.25, -0.2) is 0 Å². The van der Waals surface area contributed by atoms with E-state index in [1.54, 1.807) is 19.4 Å². The van der Waals surface area contributed by atoms with Crippen LogP contribution >= 0.6 is 0 Å². The van der Waals surface area contributed by atoms with Crippen LogP contribution in [0.3, 0.4) is 0 Å². The first-order valence-electron chi connectivity index (χ1n) is 6.33. The number of rotatable bonds is 7. The number of carbonyl (C=O) groups is 1. The van der Waals surface area contributed by atoms with Crippen molar-refractivity contribution in [2.45, 2.75) is 33.1 Å². The second-order valence-electron chi connectivity index (χ2n) is 4.46. The van der Waals surface area contributed by atoms with Gasteiger partial charge in [0.05, 0.1) is 25.3 Å². The quantitative estimate of drug-likeness (QED) is 0.822. The topological polar surface area (TPSA) is 68.7 Å². The second kappa shape index (κ2) is 6.41. The summed E-state index contributed by atoms with van der Waals surface area (Å²) in [5.74, 6) is 0.278. The lowest BCUT2D eigenvalue weighted by Crippen LogP contribution is -2.32. The standard InChI is InChI=1S/C14H21NO4/c1-5-14(6-2,13(16)17)9-10-12(19-4)11(18-3)7-8-15-10/h7-8H,5-6,9H2,1-4H3,(H,16,17). The van der Waals surface area contributed by atoms with Gasteiger partial charge in [-0.05, 0) is 12.8 Å². The van der Waals surface area contributed by atoms with Crippen LogP contribution in [-0.2, 0) is 11.2 Å². The van der Waals surface area contributed by atoms with Crippen molar-refractivity contribution in [1.82, 2.24) is 4.98 Å². The molecule has 0 aliphatic rings. The van der Waals surface area contributed by atoms with E-state index in [4.69, 9.17) is 9.47 Å². The normalized spacial score (nSPS) is 11.2. The van der Waals surface area contributed by atoms with Gasteiger partial charge in [-0.15, -0.1) is 0 Å². The number of ether oxygens (including phenoxy) is 2. The van der Waals surface area contributed by atoms with Gasteiger partial charge in [-0.2, -0.15) is 0 Å². The molecular formula is C14H21NO4. The van der Waals surface area contributed by atoms with Gasteiger partial charge in [0.15, 0.2) is 11.5 Å². The van der Waals surface area contributed by atoms with Crippen molar-refractivity contribution in [3.63, 3.8) is 0 Å². The molecule has 106 valence electrons. The van der Waals surface area contributed by atoms with Crippen LogP contribution in [0.5, 0.6) is 11.5 Å². The van der Waals surface area contributed by atoms with E-state index in [1.807, 2.05) is 13.8 Å². The van der Waals surface area contributed by atoms with Crippen LogP contribution < -0.4 is 9.47 Å². The molecule has 5 heteroatoms. The van der Waals surface area contributed by atoms with Gasteiger partial charge in [0.1, 0.15) is 0 Å². The zero-order chi connectivity index (χ0) is 14.5. The number of hydrogen-bond donors (Lipinski definition) is 1. The molecule has 0 bridgehead atoms. The molecule has 0 fully saturated rings. The predicted octanol–water partition coefficient (Wildman–Crippen LogP) is 2.53. The summed E-state index contributed by atoms with van der Waals surface area (Å²) >= 11 is 0. The van der Waals surface area contributed by atoms with E-state index in [1.165, 1.54) is 7.11 Å². The zero-order valence-electron chi connectivity index (χ0n) is 11.9. The lowest BCUT2D eigenvalue weighted by Gasteiger charge is -2.27. The lowest BCUT2D eigenvalue weighted by atomic mass is 9.78. The van der Waals surface area contributed by atoms with Crippen LogP contribution in [0.4, 0.5) is 0 Å². The lowest BCUT2D eigenvalue weighted by molar-refractivity contribution is -0.149. The van der Waals surface area contributed by atoms with E-state index in [9.17, 15) is 9.90 Å². The molecule has 0 saturated heterocycles. The number of carboxylic acid groups (broad SMARTS) is 1. The first kappa shape index (κ1) is 15.3. The fourth-order valence-electron chi connectivity index (χ4n) is 2.18. The Morgan fingerprint density at radius 2 is 1.95 bits per heavy atom. The maximum atomic E-state index is 11.5. The van der Waals surface area contributed by atoms with E-state index in [2.05, 4.69) is 4.98 Å². The Hall–Kier alpha value is -1.78. The fourth-order valence-corrected chi connectivity index (χ4v) is 2.18. The summed E-state index contributed by atoms with van der Waals surface area (Å²) in [6, 6.07) is 1.70. The molecule has 0 aromatic carbocycles. The summed E-state index contributed by atoms with van der Waals surface area (Å²) in [5, 5.41) is 9.48. The molecular weight excluding hydrogens is 246 g/mol. The van der Waals surface area contributed by atoms with Crippen molar-refractivity contribution in [2.24, 2.45) is 5.41 Å². The molecule has 1 N–H and O–H groups in total. The maximum absolute atomic E-state index is 11.5. The van der Waals surface area contributed by atoms with Crippen molar-refractivity contribution in [1.29, 1.82) is 0 Å². The fraction of sp³-hybridized carbons (Fsp3) is 0.571. The van der Waals surface area contributed by atoms with Crippen LogP contribution in [0.15, 0.2) is 12.3 Å². The maximum Gasteiger partial charge on any atom is 0.310 e. The average molecular weight is 267 g/mol. The van der Waals surface area contributed by atoms with Crippen molar-refractivity contribution in [3.05, 3.63) is 18.0 Å². The summed E-state index contributed by atoms with van der Waals surface area (Å²) in [4.78, 5) is 15.8. The molecule has 0 aliphatic heterocycles. The summed E-state index contributed by atoms with van der Waals surface area (Å²) in [7, 11) is 3.08. The number of aromatic nitrogens is 1. The molecule has 0 radical (unpaired) electrons. The molecule has 0 atom stereocenters. The second-order valence-corrected chi connectivity index (χ2v) is 4.46. The van der Waals surface area contributed by atoms with Gasteiger partial charge in [0.2, 0.25) is 0 Å². The third-order valence-electron chi connectivity index (χ3n) is 3.68. The largest absolute Gasteiger partial charge is 0.493 e. The first-order valence-corrected chi connectivity index (χ1v) is 6.33. The molecule has 1 aromatic rings. The van der Waals surface area contributed by atoms with Crippen molar-refractivity contribution in [3.8, 4) is 11.5 Å². The summed E-state index contributed by atoms with van der Waals surface area (Å²) in [6.45, 7) is 3.76. The molecule has 1 heterocycles. The Balaban J connectivity index is 3.20. The van der Waals surface area contributed by atoms with Gasteiger partial charge in [-0.1, -0.05) is 13.8 Å². The molecule has 0 spiro atoms. The third kappa shape index (κ3) is 2.97. The Morgan fingerprint density at radius 3 is 2.37 bits per heavy atom. The highest BCUT2D eigenvalue weighted by Crippen LogP contribution is 2.37. The molecule has 1 aromatic heterocycles. The zero-order valence-corrected chi connectivity index (χ0v) is 11.9. The highest BCUT2D eigenvalue weighted by atomic mass is 16.5. The summed E-state index contributed by atoms with van der Waals surface area (Å²) < 4.78 is 10.5. The minimum Gasteiger partial charge on any atom is -0.493 e. The number of methoxy groups -OCH3 is 2. The van der Waals surface area contributed by atoms with Crippen LogP contribution in [0.2, 0.25) is 0 Å². The average Bonchev–Trinajstić information content (AvgIpc) is 2.43.